The number of halogens is 1. The highest BCUT2D eigenvalue weighted by molar-refractivity contribution is 6.31. The molecule has 3 aromatic heterocycles. The molecule has 0 bridgehead atoms. The highest BCUT2D eigenvalue weighted by Crippen LogP contribution is 2.27. The summed E-state index contributed by atoms with van der Waals surface area (Å²) in [4.78, 5) is 22.4. The van der Waals surface area contributed by atoms with Gasteiger partial charge in [-0.2, -0.15) is 0 Å². The minimum atomic E-state index is -0.0146. The van der Waals surface area contributed by atoms with Gasteiger partial charge in [0, 0.05) is 54.3 Å². The van der Waals surface area contributed by atoms with Crippen molar-refractivity contribution in [2.75, 3.05) is 20.2 Å². The van der Waals surface area contributed by atoms with Crippen molar-refractivity contribution in [3.8, 4) is 17.1 Å². The van der Waals surface area contributed by atoms with E-state index in [2.05, 4.69) is 20.2 Å². The molecule has 0 spiro atoms. The Bertz CT molecular complexity index is 1240. The fourth-order valence-electron chi connectivity index (χ4n) is 4.04. The predicted molar refractivity (Wildman–Crippen MR) is 117 cm³/mol. The van der Waals surface area contributed by atoms with Crippen LogP contribution in [0.3, 0.4) is 0 Å². The van der Waals surface area contributed by atoms with Gasteiger partial charge in [0.15, 0.2) is 5.82 Å². The summed E-state index contributed by atoms with van der Waals surface area (Å²) in [5.41, 5.74) is 3.00. The van der Waals surface area contributed by atoms with E-state index < -0.39 is 0 Å². The molecule has 0 radical (unpaired) electrons. The molecular formula is C22H21ClN6O2. The summed E-state index contributed by atoms with van der Waals surface area (Å²) in [5, 5.41) is 9.35. The van der Waals surface area contributed by atoms with Gasteiger partial charge in [-0.25, -0.2) is 4.98 Å². The number of piperidine rings is 1. The highest BCUT2D eigenvalue weighted by atomic mass is 35.5. The molecule has 1 fully saturated rings. The Morgan fingerprint density at radius 2 is 2.19 bits per heavy atom. The summed E-state index contributed by atoms with van der Waals surface area (Å²) >= 11 is 6.36. The van der Waals surface area contributed by atoms with Crippen LogP contribution < -0.4 is 0 Å². The van der Waals surface area contributed by atoms with Gasteiger partial charge in [0.05, 0.1) is 11.7 Å². The summed E-state index contributed by atoms with van der Waals surface area (Å²) in [6.07, 6.45) is 7.10. The maximum absolute atomic E-state index is 13.0. The molecular weight excluding hydrogens is 416 g/mol. The maximum Gasteiger partial charge on any atom is 0.255 e. The number of hydrogen-bond donors (Lipinski definition) is 1. The van der Waals surface area contributed by atoms with Gasteiger partial charge in [-0.05, 0) is 43.2 Å². The fourth-order valence-corrected chi connectivity index (χ4v) is 4.27. The molecule has 1 aliphatic rings. The molecule has 5 rings (SSSR count). The number of likely N-dealkylation sites (tertiary alicyclic amines) is 1. The van der Waals surface area contributed by atoms with Crippen molar-refractivity contribution in [3.63, 3.8) is 0 Å². The number of methoxy groups -OCH3 is 1. The summed E-state index contributed by atoms with van der Waals surface area (Å²) in [6, 6.07) is 9.49. The van der Waals surface area contributed by atoms with Gasteiger partial charge in [-0.15, -0.1) is 10.2 Å². The third-order valence-electron chi connectivity index (χ3n) is 5.62. The molecule has 1 aliphatic heterocycles. The standard InChI is InChI=1S/C22H21ClN6O2/c1-31-19-3-2-5-28(12-19)22(30)16-7-14-4-6-29(21(14)24-11-16)18-9-15(8-17(23)10-18)20-25-13-26-27-20/h4,6-11,13,19H,2-3,5,12H2,1H3,(H,25,26,27)/t19-/m0/s1. The molecule has 0 unspecified atom stereocenters. The second-order valence-corrected chi connectivity index (χ2v) is 8.05. The number of ether oxygens (including phenoxy) is 1. The molecule has 4 aromatic rings. The fraction of sp³-hybridized carbons (Fsp3) is 0.273. The van der Waals surface area contributed by atoms with E-state index >= 15 is 0 Å². The van der Waals surface area contributed by atoms with E-state index in [9.17, 15) is 4.79 Å². The van der Waals surface area contributed by atoms with Crippen LogP contribution in [0.5, 0.6) is 0 Å². The van der Waals surface area contributed by atoms with Crippen LogP contribution in [0.1, 0.15) is 23.2 Å². The Balaban J connectivity index is 1.47. The lowest BCUT2D eigenvalue weighted by atomic mass is 10.1. The molecule has 1 aromatic carbocycles. The van der Waals surface area contributed by atoms with Crippen molar-refractivity contribution in [2.45, 2.75) is 18.9 Å². The summed E-state index contributed by atoms with van der Waals surface area (Å²) < 4.78 is 7.38. The number of fused-ring (bicyclic) bond motifs is 1. The van der Waals surface area contributed by atoms with Gasteiger partial charge in [0.2, 0.25) is 0 Å². The lowest BCUT2D eigenvalue weighted by Crippen LogP contribution is -2.42. The third kappa shape index (κ3) is 3.80. The largest absolute Gasteiger partial charge is 0.380 e. The van der Waals surface area contributed by atoms with Crippen LogP contribution in [0, 0.1) is 0 Å². The number of nitrogens with one attached hydrogen (secondary N) is 1. The maximum atomic E-state index is 13.0. The molecule has 9 heteroatoms. The Kier molecular flexibility index (Phi) is 5.17. The second kappa shape index (κ2) is 8.13. The number of H-pyrrole nitrogens is 1. The molecule has 1 amide bonds. The van der Waals surface area contributed by atoms with Crippen LogP contribution >= 0.6 is 11.6 Å². The van der Waals surface area contributed by atoms with E-state index in [4.69, 9.17) is 16.3 Å². The zero-order valence-corrected chi connectivity index (χ0v) is 17.7. The van der Waals surface area contributed by atoms with Crippen LogP contribution in [0.25, 0.3) is 28.1 Å². The van der Waals surface area contributed by atoms with Crippen molar-refractivity contribution < 1.29 is 9.53 Å². The SMILES string of the molecule is CO[C@H]1CCCN(C(=O)c2cnc3c(ccn3-c3cc(Cl)cc(-c4nnc[nH]4)c3)c2)C1. The molecule has 1 atom stereocenters. The van der Waals surface area contributed by atoms with Gasteiger partial charge < -0.3 is 19.2 Å². The second-order valence-electron chi connectivity index (χ2n) is 7.61. The average molecular weight is 437 g/mol. The monoisotopic (exact) mass is 436 g/mol. The normalized spacial score (nSPS) is 16.7. The lowest BCUT2D eigenvalue weighted by Gasteiger charge is -2.31. The number of rotatable bonds is 4. The van der Waals surface area contributed by atoms with Crippen LogP contribution in [0.2, 0.25) is 5.02 Å². The third-order valence-corrected chi connectivity index (χ3v) is 5.84. The number of pyridine rings is 1. The van der Waals surface area contributed by atoms with Gasteiger partial charge in [-0.1, -0.05) is 11.6 Å². The zero-order chi connectivity index (χ0) is 21.4. The van der Waals surface area contributed by atoms with Gasteiger partial charge >= 0.3 is 0 Å². The first kappa shape index (κ1) is 19.7. The molecule has 1 saturated heterocycles. The zero-order valence-electron chi connectivity index (χ0n) is 17.0. The quantitative estimate of drug-likeness (QED) is 0.526. The number of aromatic amines is 1. The smallest absolute Gasteiger partial charge is 0.255 e. The van der Waals surface area contributed by atoms with Crippen LogP contribution in [0.4, 0.5) is 0 Å². The number of amides is 1. The lowest BCUT2D eigenvalue weighted by molar-refractivity contribution is 0.0269. The topological polar surface area (TPSA) is 88.9 Å². The predicted octanol–water partition coefficient (Wildman–Crippen LogP) is 3.72. The Morgan fingerprint density at radius 1 is 1.29 bits per heavy atom. The van der Waals surface area contributed by atoms with E-state index in [0.717, 1.165) is 41.7 Å². The summed E-state index contributed by atoms with van der Waals surface area (Å²) in [7, 11) is 1.69. The van der Waals surface area contributed by atoms with Crippen LogP contribution in [-0.4, -0.2) is 61.8 Å². The molecule has 0 saturated carbocycles. The number of benzene rings is 1. The molecule has 0 aliphatic carbocycles. The Morgan fingerprint density at radius 3 is 3.00 bits per heavy atom. The van der Waals surface area contributed by atoms with Gasteiger partial charge in [0.1, 0.15) is 12.0 Å². The van der Waals surface area contributed by atoms with Crippen molar-refractivity contribution >= 4 is 28.5 Å². The number of nitrogens with zero attached hydrogens (tertiary/aromatic N) is 5. The first-order chi connectivity index (χ1) is 15.1. The van der Waals surface area contributed by atoms with E-state index in [0.29, 0.717) is 23.0 Å². The van der Waals surface area contributed by atoms with E-state index in [-0.39, 0.29) is 12.0 Å². The molecule has 1 N–H and O–H groups in total. The van der Waals surface area contributed by atoms with Crippen molar-refractivity contribution in [1.82, 2.24) is 29.6 Å². The summed E-state index contributed by atoms with van der Waals surface area (Å²) in [6.45, 7) is 1.35. The van der Waals surface area contributed by atoms with Crippen molar-refractivity contribution in [1.29, 1.82) is 0 Å². The minimum Gasteiger partial charge on any atom is -0.380 e. The first-order valence-electron chi connectivity index (χ1n) is 10.1. The van der Waals surface area contributed by atoms with Crippen molar-refractivity contribution in [3.05, 3.63) is 59.6 Å². The highest BCUT2D eigenvalue weighted by Gasteiger charge is 2.25. The van der Waals surface area contributed by atoms with Gasteiger partial charge in [0.25, 0.3) is 5.91 Å². The molecule has 31 heavy (non-hydrogen) atoms. The number of aromatic nitrogens is 5. The average Bonchev–Trinajstić information content (AvgIpc) is 3.48. The number of carbonyl (C=O) groups excluding carboxylic acids is 1. The number of carbonyl (C=O) groups is 1. The Labute approximate surface area is 183 Å². The van der Waals surface area contributed by atoms with E-state index in [1.165, 1.54) is 6.33 Å². The number of hydrogen-bond acceptors (Lipinski definition) is 5. The Hall–Kier alpha value is -3.23. The minimum absolute atomic E-state index is 0.0146. The van der Waals surface area contributed by atoms with Gasteiger partial charge in [-0.3, -0.25) is 4.79 Å². The van der Waals surface area contributed by atoms with Crippen molar-refractivity contribution in [2.24, 2.45) is 0 Å². The molecule has 158 valence electrons. The van der Waals surface area contributed by atoms with Crippen LogP contribution in [-0.2, 0) is 4.74 Å². The summed E-state index contributed by atoms with van der Waals surface area (Å²) in [5.74, 6) is 0.621. The first-order valence-corrected chi connectivity index (χ1v) is 10.5. The van der Waals surface area contributed by atoms with E-state index in [1.54, 1.807) is 13.3 Å². The van der Waals surface area contributed by atoms with E-state index in [1.807, 2.05) is 46.0 Å². The van der Waals surface area contributed by atoms with Crippen LogP contribution in [0.15, 0.2) is 49.1 Å². The molecule has 8 nitrogen and oxygen atoms in total. The molecule has 4 heterocycles.